The van der Waals surface area contributed by atoms with Gasteiger partial charge >= 0.3 is 23.9 Å². The molecule has 0 radical (unpaired) electrons. The molecule has 1 saturated heterocycles. The number of esters is 4. The molecule has 26 heavy (non-hydrogen) atoms. The number of carbonyl (C=O) groups is 4. The van der Waals surface area contributed by atoms with Crippen LogP contribution in [0.4, 0.5) is 0 Å². The van der Waals surface area contributed by atoms with Crippen molar-refractivity contribution in [2.75, 3.05) is 13.2 Å². The van der Waals surface area contributed by atoms with Gasteiger partial charge in [-0.05, 0) is 13.0 Å². The molecule has 0 bridgehead atoms. The third kappa shape index (κ3) is 6.60. The molecule has 0 aromatic rings. The summed E-state index contributed by atoms with van der Waals surface area (Å²) in [5, 5.41) is 0. The van der Waals surface area contributed by atoms with Gasteiger partial charge in [-0.25, -0.2) is 0 Å². The molecule has 1 fully saturated rings. The highest BCUT2D eigenvalue weighted by atomic mass is 16.7. The molecule has 5 atom stereocenters. The molecule has 0 aliphatic carbocycles. The van der Waals surface area contributed by atoms with Gasteiger partial charge in [0.15, 0.2) is 18.3 Å². The van der Waals surface area contributed by atoms with Gasteiger partial charge in [-0.15, -0.1) is 0 Å². The second-order valence-electron chi connectivity index (χ2n) is 5.82. The quantitative estimate of drug-likeness (QED) is 0.455. The van der Waals surface area contributed by atoms with E-state index in [4.69, 9.17) is 29.4 Å². The molecule has 0 amide bonds. The maximum atomic E-state index is 11.6. The highest BCUT2D eigenvalue weighted by molar-refractivity contribution is 5.68. The minimum Gasteiger partial charge on any atom is -0.463 e. The van der Waals surface area contributed by atoms with Crippen LogP contribution in [0.15, 0.2) is 0 Å². The molecule has 10 heteroatoms. The molecular formula is C16H25NO9. The molecule has 1 aliphatic heterocycles. The van der Waals surface area contributed by atoms with Crippen LogP contribution in [0.2, 0.25) is 0 Å². The smallest absolute Gasteiger partial charge is 0.303 e. The number of carbonyl (C=O) groups excluding carboxylic acids is 4. The summed E-state index contributed by atoms with van der Waals surface area (Å²) in [7, 11) is 0. The molecule has 1 aliphatic rings. The van der Waals surface area contributed by atoms with Crippen molar-refractivity contribution in [1.82, 2.24) is 0 Å². The van der Waals surface area contributed by atoms with Gasteiger partial charge in [-0.1, -0.05) is 0 Å². The zero-order valence-corrected chi connectivity index (χ0v) is 15.3. The fourth-order valence-corrected chi connectivity index (χ4v) is 2.71. The van der Waals surface area contributed by atoms with Crippen LogP contribution in [0.5, 0.6) is 0 Å². The zero-order chi connectivity index (χ0) is 19.9. The van der Waals surface area contributed by atoms with Crippen molar-refractivity contribution in [2.45, 2.75) is 64.6 Å². The van der Waals surface area contributed by atoms with E-state index in [1.54, 1.807) is 0 Å². The summed E-state index contributed by atoms with van der Waals surface area (Å²) in [5.41, 5.74) is 5.58. The van der Waals surface area contributed by atoms with Crippen molar-refractivity contribution in [3.63, 3.8) is 0 Å². The average molecular weight is 375 g/mol. The lowest BCUT2D eigenvalue weighted by Gasteiger charge is -2.44. The Bertz CT molecular complexity index is 536. The van der Waals surface area contributed by atoms with Crippen LogP contribution in [-0.2, 0) is 42.9 Å². The van der Waals surface area contributed by atoms with Gasteiger partial charge in [0.1, 0.15) is 18.8 Å². The molecule has 0 spiro atoms. The minimum absolute atomic E-state index is 0.202. The van der Waals surface area contributed by atoms with Gasteiger partial charge in [-0.3, -0.25) is 19.2 Å². The van der Waals surface area contributed by atoms with Crippen molar-refractivity contribution in [3.8, 4) is 0 Å². The third-order valence-corrected chi connectivity index (χ3v) is 3.54. The minimum atomic E-state index is -1.13. The molecule has 0 aromatic carbocycles. The monoisotopic (exact) mass is 375 g/mol. The number of nitrogens with two attached hydrogens (primary N) is 1. The fraction of sp³-hybridized carbons (Fsp3) is 0.750. The number of rotatable bonds is 7. The molecule has 1 rings (SSSR count). The van der Waals surface area contributed by atoms with E-state index in [0.717, 1.165) is 0 Å². The molecule has 10 nitrogen and oxygen atoms in total. The Kier molecular flexibility index (Phi) is 8.46. The first-order valence-electron chi connectivity index (χ1n) is 8.16. The lowest BCUT2D eigenvalue weighted by molar-refractivity contribution is -0.252. The normalized spacial score (nSPS) is 28.0. The van der Waals surface area contributed by atoms with E-state index in [0.29, 0.717) is 0 Å². The second-order valence-corrected chi connectivity index (χ2v) is 5.82. The van der Waals surface area contributed by atoms with Crippen molar-refractivity contribution >= 4 is 23.9 Å². The topological polar surface area (TPSA) is 140 Å². The van der Waals surface area contributed by atoms with E-state index < -0.39 is 54.4 Å². The van der Waals surface area contributed by atoms with Crippen LogP contribution in [0.25, 0.3) is 0 Å². The largest absolute Gasteiger partial charge is 0.463 e. The second kappa shape index (κ2) is 10.1. The van der Waals surface area contributed by atoms with E-state index in [9.17, 15) is 19.2 Å². The predicted molar refractivity (Wildman–Crippen MR) is 85.6 cm³/mol. The summed E-state index contributed by atoms with van der Waals surface area (Å²) < 4.78 is 26.5. The van der Waals surface area contributed by atoms with Crippen molar-refractivity contribution in [1.29, 1.82) is 0 Å². The Hall–Kier alpha value is -2.20. The van der Waals surface area contributed by atoms with Gasteiger partial charge in [-0.2, -0.15) is 0 Å². The fourth-order valence-electron chi connectivity index (χ4n) is 2.71. The molecule has 2 N–H and O–H groups in total. The lowest BCUT2D eigenvalue weighted by atomic mass is 9.92. The zero-order valence-electron chi connectivity index (χ0n) is 15.3. The Morgan fingerprint density at radius 1 is 0.769 bits per heavy atom. The Morgan fingerprint density at radius 3 is 1.65 bits per heavy atom. The summed E-state index contributed by atoms with van der Waals surface area (Å²) in [4.78, 5) is 45.7. The Labute approximate surface area is 151 Å². The van der Waals surface area contributed by atoms with E-state index in [1.807, 2.05) is 0 Å². The Balaban J connectivity index is 3.22. The van der Waals surface area contributed by atoms with Crippen molar-refractivity contribution in [3.05, 3.63) is 0 Å². The number of hydrogen-bond donors (Lipinski definition) is 1. The highest BCUT2D eigenvalue weighted by Crippen LogP contribution is 2.30. The molecule has 0 aromatic heterocycles. The van der Waals surface area contributed by atoms with Crippen LogP contribution in [0.1, 0.15) is 34.1 Å². The number of hydrogen-bond acceptors (Lipinski definition) is 10. The van der Waals surface area contributed by atoms with Gasteiger partial charge in [0.25, 0.3) is 0 Å². The predicted octanol–water partition coefficient (Wildman–Crippen LogP) is -0.539. The van der Waals surface area contributed by atoms with Crippen LogP contribution in [0, 0.1) is 0 Å². The van der Waals surface area contributed by atoms with Crippen LogP contribution in [-0.4, -0.2) is 67.5 Å². The van der Waals surface area contributed by atoms with Gasteiger partial charge < -0.3 is 29.4 Å². The van der Waals surface area contributed by atoms with Gasteiger partial charge in [0.05, 0.1) is 0 Å². The third-order valence-electron chi connectivity index (χ3n) is 3.54. The van der Waals surface area contributed by atoms with Crippen LogP contribution < -0.4 is 5.73 Å². The molecule has 148 valence electrons. The van der Waals surface area contributed by atoms with Gasteiger partial charge in [0.2, 0.25) is 0 Å². The molecule has 0 saturated carbocycles. The van der Waals surface area contributed by atoms with E-state index in [2.05, 4.69) is 0 Å². The highest BCUT2D eigenvalue weighted by Gasteiger charge is 2.51. The summed E-state index contributed by atoms with van der Waals surface area (Å²) in [5.74, 6) is -2.51. The van der Waals surface area contributed by atoms with E-state index in [-0.39, 0.29) is 19.6 Å². The summed E-state index contributed by atoms with van der Waals surface area (Å²) >= 11 is 0. The SMILES string of the molecule is CC(=O)OC[C@H]1O[C@H](CCN)[C@H](OC(C)=O)[C@@H](OC(C)=O)[C@H]1OC(C)=O. The summed E-state index contributed by atoms with van der Waals surface area (Å²) in [6.45, 7) is 4.71. The lowest BCUT2D eigenvalue weighted by Crippen LogP contribution is -2.62. The molecule has 1 heterocycles. The first kappa shape index (κ1) is 21.8. The van der Waals surface area contributed by atoms with Crippen LogP contribution >= 0.6 is 0 Å². The first-order chi connectivity index (χ1) is 12.1. The summed E-state index contributed by atoms with van der Waals surface area (Å²) in [6.07, 6.45) is -4.67. The maximum Gasteiger partial charge on any atom is 0.303 e. The van der Waals surface area contributed by atoms with Crippen molar-refractivity contribution < 1.29 is 42.9 Å². The summed E-state index contributed by atoms with van der Waals surface area (Å²) in [6, 6.07) is 0. The van der Waals surface area contributed by atoms with Gasteiger partial charge in [0, 0.05) is 27.7 Å². The standard InChI is InChI=1S/C16H25NO9/c1-8(18)22-7-13-15(24-10(3)20)16(25-11(4)21)14(23-9(2)19)12(26-13)5-6-17/h12-16H,5-7,17H2,1-4H3/t12-,13-,14+,15+,16-/m1/s1. The molecular weight excluding hydrogens is 350 g/mol. The average Bonchev–Trinajstić information content (AvgIpc) is 2.50. The van der Waals surface area contributed by atoms with E-state index in [1.165, 1.54) is 27.7 Å². The van der Waals surface area contributed by atoms with Crippen LogP contribution in [0.3, 0.4) is 0 Å². The first-order valence-corrected chi connectivity index (χ1v) is 8.16. The van der Waals surface area contributed by atoms with E-state index >= 15 is 0 Å². The van der Waals surface area contributed by atoms with Crippen molar-refractivity contribution in [2.24, 2.45) is 5.73 Å². The number of ether oxygens (including phenoxy) is 5. The maximum absolute atomic E-state index is 11.6. The Morgan fingerprint density at radius 2 is 1.23 bits per heavy atom. The molecule has 0 unspecified atom stereocenters.